The van der Waals surface area contributed by atoms with E-state index in [1.165, 1.54) is 10.8 Å². The highest BCUT2D eigenvalue weighted by molar-refractivity contribution is 5.81. The van der Waals surface area contributed by atoms with Crippen molar-refractivity contribution in [1.82, 2.24) is 9.97 Å². The van der Waals surface area contributed by atoms with Crippen molar-refractivity contribution in [3.8, 4) is 11.5 Å². The second-order valence-electron chi connectivity index (χ2n) is 4.86. The van der Waals surface area contributed by atoms with E-state index in [9.17, 15) is 0 Å². The molecule has 0 saturated heterocycles. The lowest BCUT2D eigenvalue weighted by Crippen LogP contribution is -1.80. The molecule has 2 aromatic carbocycles. The predicted octanol–water partition coefficient (Wildman–Crippen LogP) is 4.35. The highest BCUT2D eigenvalue weighted by atomic mass is 16.5. The number of nitrogens with one attached hydrogen (secondary N) is 2. The Morgan fingerprint density at radius 1 is 0.636 bits per heavy atom. The average molecular weight is 294 g/mol. The number of fused-ring (bicyclic) bond motifs is 2. The molecule has 0 fully saturated rings. The quantitative estimate of drug-likeness (QED) is 0.577. The molecule has 112 valence electrons. The summed E-state index contributed by atoms with van der Waals surface area (Å²) in [6, 6.07) is 16.0. The average Bonchev–Trinajstić information content (AvgIpc) is 3.22. The molecule has 0 spiro atoms. The Morgan fingerprint density at radius 3 is 1.50 bits per heavy atom. The zero-order chi connectivity index (χ0) is 15.4. The molecular weight excluding hydrogens is 276 g/mol. The predicted molar refractivity (Wildman–Crippen MR) is 89.7 cm³/mol. The molecule has 2 N–H and O–H groups in total. The zero-order valence-corrected chi connectivity index (χ0v) is 12.6. The first-order valence-corrected chi connectivity index (χ1v) is 7.02. The van der Waals surface area contributed by atoms with Crippen LogP contribution in [0.2, 0.25) is 0 Å². The zero-order valence-electron chi connectivity index (χ0n) is 12.6. The number of methoxy groups -OCH3 is 2. The topological polar surface area (TPSA) is 50.0 Å². The van der Waals surface area contributed by atoms with Gasteiger partial charge >= 0.3 is 0 Å². The lowest BCUT2D eigenvalue weighted by atomic mass is 10.2. The van der Waals surface area contributed by atoms with Crippen LogP contribution >= 0.6 is 0 Å². The maximum atomic E-state index is 5.08. The van der Waals surface area contributed by atoms with Crippen molar-refractivity contribution in [2.24, 2.45) is 0 Å². The maximum Gasteiger partial charge on any atom is 0.119 e. The van der Waals surface area contributed by atoms with Gasteiger partial charge in [0, 0.05) is 34.2 Å². The second kappa shape index (κ2) is 6.26. The lowest BCUT2D eigenvalue weighted by molar-refractivity contribution is 0.415. The third kappa shape index (κ3) is 2.91. The van der Waals surface area contributed by atoms with E-state index < -0.39 is 0 Å². The van der Waals surface area contributed by atoms with Crippen LogP contribution in [0.5, 0.6) is 11.5 Å². The van der Waals surface area contributed by atoms with E-state index in [0.29, 0.717) is 0 Å². The van der Waals surface area contributed by atoms with Gasteiger partial charge < -0.3 is 19.4 Å². The summed E-state index contributed by atoms with van der Waals surface area (Å²) >= 11 is 0. The van der Waals surface area contributed by atoms with Gasteiger partial charge in [-0.2, -0.15) is 0 Å². The molecule has 0 amide bonds. The van der Waals surface area contributed by atoms with Gasteiger partial charge in [-0.3, -0.25) is 0 Å². The van der Waals surface area contributed by atoms with E-state index in [0.717, 1.165) is 22.5 Å². The molecule has 4 rings (SSSR count). The molecule has 2 aromatic heterocycles. The van der Waals surface area contributed by atoms with Crippen LogP contribution in [0.25, 0.3) is 21.8 Å². The highest BCUT2D eigenvalue weighted by Crippen LogP contribution is 2.19. The molecule has 0 aliphatic heterocycles. The van der Waals surface area contributed by atoms with Crippen molar-refractivity contribution >= 4 is 21.8 Å². The van der Waals surface area contributed by atoms with Gasteiger partial charge in [0.15, 0.2) is 0 Å². The fourth-order valence-electron chi connectivity index (χ4n) is 2.32. The van der Waals surface area contributed by atoms with Crippen LogP contribution in [-0.2, 0) is 0 Å². The minimum Gasteiger partial charge on any atom is -0.497 e. The van der Waals surface area contributed by atoms with E-state index in [1.807, 2.05) is 60.9 Å². The van der Waals surface area contributed by atoms with Gasteiger partial charge in [0.25, 0.3) is 0 Å². The van der Waals surface area contributed by atoms with Crippen LogP contribution < -0.4 is 9.47 Å². The minimum atomic E-state index is 0.900. The molecule has 0 bridgehead atoms. The fourth-order valence-corrected chi connectivity index (χ4v) is 2.32. The first kappa shape index (κ1) is 14.1. The number of hydrogen-bond donors (Lipinski definition) is 2. The molecule has 2 heterocycles. The van der Waals surface area contributed by atoms with Crippen LogP contribution in [0.3, 0.4) is 0 Å². The molecular formula is C18H18N2O2. The number of aromatic nitrogens is 2. The molecule has 0 unspecified atom stereocenters. The number of benzene rings is 2. The van der Waals surface area contributed by atoms with Crippen LogP contribution in [0.15, 0.2) is 60.9 Å². The number of ether oxygens (including phenoxy) is 2. The lowest BCUT2D eigenvalue weighted by Gasteiger charge is -1.97. The van der Waals surface area contributed by atoms with Gasteiger partial charge in [0.05, 0.1) is 14.2 Å². The number of hydrogen-bond acceptors (Lipinski definition) is 2. The Hall–Kier alpha value is -2.88. The second-order valence-corrected chi connectivity index (χ2v) is 4.86. The van der Waals surface area contributed by atoms with Crippen molar-refractivity contribution < 1.29 is 9.47 Å². The van der Waals surface area contributed by atoms with Crippen LogP contribution in [0.1, 0.15) is 0 Å². The summed E-state index contributed by atoms with van der Waals surface area (Å²) in [7, 11) is 3.35. The third-order valence-electron chi connectivity index (χ3n) is 3.52. The Bertz CT molecular complexity index is 803. The van der Waals surface area contributed by atoms with E-state index in [1.54, 1.807) is 14.2 Å². The summed E-state index contributed by atoms with van der Waals surface area (Å²) in [5.74, 6) is 1.80. The van der Waals surface area contributed by atoms with Gasteiger partial charge in [0.2, 0.25) is 0 Å². The Kier molecular flexibility index (Phi) is 4.01. The van der Waals surface area contributed by atoms with Crippen molar-refractivity contribution in [3.05, 3.63) is 60.9 Å². The number of aromatic amines is 2. The molecule has 0 radical (unpaired) electrons. The highest BCUT2D eigenvalue weighted by Gasteiger charge is 1.95. The summed E-state index contributed by atoms with van der Waals surface area (Å²) in [6.45, 7) is 0. The van der Waals surface area contributed by atoms with E-state index in [-0.39, 0.29) is 0 Å². The van der Waals surface area contributed by atoms with Crippen molar-refractivity contribution in [2.45, 2.75) is 0 Å². The van der Waals surface area contributed by atoms with Gasteiger partial charge in [0.1, 0.15) is 11.5 Å². The summed E-state index contributed by atoms with van der Waals surface area (Å²) in [5, 5.41) is 2.37. The van der Waals surface area contributed by atoms with Crippen LogP contribution in [-0.4, -0.2) is 24.2 Å². The van der Waals surface area contributed by atoms with E-state index in [4.69, 9.17) is 9.47 Å². The molecule has 0 saturated carbocycles. The van der Waals surface area contributed by atoms with Gasteiger partial charge in [-0.25, -0.2) is 0 Å². The molecule has 0 aliphatic carbocycles. The van der Waals surface area contributed by atoms with Crippen LogP contribution in [0.4, 0.5) is 0 Å². The molecule has 4 aromatic rings. The fraction of sp³-hybridized carbons (Fsp3) is 0.111. The Morgan fingerprint density at radius 2 is 1.09 bits per heavy atom. The Balaban J connectivity index is 0.000000131. The summed E-state index contributed by atoms with van der Waals surface area (Å²) in [5.41, 5.74) is 2.29. The van der Waals surface area contributed by atoms with Crippen molar-refractivity contribution in [1.29, 1.82) is 0 Å². The van der Waals surface area contributed by atoms with Gasteiger partial charge in [-0.15, -0.1) is 0 Å². The van der Waals surface area contributed by atoms with Crippen molar-refractivity contribution in [2.75, 3.05) is 14.2 Å². The van der Waals surface area contributed by atoms with Gasteiger partial charge in [-0.1, -0.05) is 0 Å². The normalized spacial score (nSPS) is 10.3. The summed E-state index contributed by atoms with van der Waals surface area (Å²) in [4.78, 5) is 6.23. The Labute approximate surface area is 128 Å². The summed E-state index contributed by atoms with van der Waals surface area (Å²) in [6.07, 6.45) is 3.84. The largest absolute Gasteiger partial charge is 0.497 e. The monoisotopic (exact) mass is 294 g/mol. The summed E-state index contributed by atoms with van der Waals surface area (Å²) < 4.78 is 10.2. The van der Waals surface area contributed by atoms with E-state index >= 15 is 0 Å². The standard InChI is InChI=1S/2C9H9NO/c2*1-11-8-2-3-9-7(6-8)4-5-10-9/h2*2-6,10H,1H3. The minimum absolute atomic E-state index is 0.900. The third-order valence-corrected chi connectivity index (χ3v) is 3.52. The van der Waals surface area contributed by atoms with Gasteiger partial charge in [-0.05, 0) is 48.5 Å². The number of H-pyrrole nitrogens is 2. The molecule has 0 atom stereocenters. The van der Waals surface area contributed by atoms with E-state index in [2.05, 4.69) is 9.97 Å². The first-order chi connectivity index (χ1) is 10.8. The molecule has 4 nitrogen and oxygen atoms in total. The molecule has 4 heteroatoms. The smallest absolute Gasteiger partial charge is 0.119 e. The molecule has 22 heavy (non-hydrogen) atoms. The SMILES string of the molecule is COc1ccc2[nH]ccc2c1.COc1ccc2[nH]ccc2c1. The first-order valence-electron chi connectivity index (χ1n) is 7.02. The van der Waals surface area contributed by atoms with Crippen molar-refractivity contribution in [3.63, 3.8) is 0 Å². The van der Waals surface area contributed by atoms with Crippen LogP contribution in [0, 0.1) is 0 Å². The number of rotatable bonds is 2. The molecule has 0 aliphatic rings. The maximum absolute atomic E-state index is 5.08.